The van der Waals surface area contributed by atoms with Crippen LogP contribution >= 0.6 is 12.2 Å². The largest absolute Gasteiger partial charge is 0.474 e. The molecular weight excluding hydrogens is 487 g/mol. The maximum Gasteiger partial charge on any atom is 0.414 e. The molecular formula is C24H27FN6O4S. The van der Waals surface area contributed by atoms with Gasteiger partial charge >= 0.3 is 6.09 Å². The molecule has 12 heteroatoms. The number of carbonyl (C=O) groups excluding carboxylic acids is 2. The fourth-order valence-electron chi connectivity index (χ4n) is 3.92. The summed E-state index contributed by atoms with van der Waals surface area (Å²) in [5.41, 5.74) is 4.72. The Morgan fingerprint density at radius 2 is 2.22 bits per heavy atom. The molecule has 0 spiro atoms. The van der Waals surface area contributed by atoms with Crippen LogP contribution in [-0.4, -0.2) is 79.7 Å². The third kappa shape index (κ3) is 6.26. The lowest BCUT2D eigenvalue weighted by molar-refractivity contribution is -0.128. The number of pyridine rings is 1. The summed E-state index contributed by atoms with van der Waals surface area (Å²) >= 11 is 4.93. The minimum absolute atomic E-state index is 0.195. The second kappa shape index (κ2) is 11.8. The monoisotopic (exact) mass is 514 g/mol. The number of amides is 2. The van der Waals surface area contributed by atoms with Crippen LogP contribution in [0, 0.1) is 5.82 Å². The van der Waals surface area contributed by atoms with Gasteiger partial charge in [-0.15, -0.1) is 0 Å². The molecule has 0 aliphatic carbocycles. The van der Waals surface area contributed by atoms with Crippen molar-refractivity contribution in [1.82, 2.24) is 20.7 Å². The van der Waals surface area contributed by atoms with E-state index in [1.165, 1.54) is 29.2 Å². The minimum atomic E-state index is -0.551. The molecule has 1 aromatic carbocycles. The topological polar surface area (TPSA) is 99.3 Å². The first-order chi connectivity index (χ1) is 17.4. The van der Waals surface area contributed by atoms with Gasteiger partial charge in [-0.3, -0.25) is 19.7 Å². The van der Waals surface area contributed by atoms with Crippen LogP contribution in [0.5, 0.6) is 0 Å². The molecule has 36 heavy (non-hydrogen) atoms. The van der Waals surface area contributed by atoms with Gasteiger partial charge in [0.25, 0.3) is 11.1 Å². The molecule has 190 valence electrons. The highest BCUT2D eigenvalue weighted by Gasteiger charge is 2.33. The molecule has 2 saturated heterocycles. The van der Waals surface area contributed by atoms with E-state index in [-0.39, 0.29) is 17.6 Å². The van der Waals surface area contributed by atoms with Crippen LogP contribution in [0.1, 0.15) is 5.56 Å². The number of halogens is 1. The molecule has 0 bridgehead atoms. The van der Waals surface area contributed by atoms with Crippen molar-refractivity contribution in [3.05, 3.63) is 60.2 Å². The summed E-state index contributed by atoms with van der Waals surface area (Å²) in [5, 5.41) is 4.57. The number of hydrazine groups is 1. The molecule has 10 nitrogen and oxygen atoms in total. The van der Waals surface area contributed by atoms with Crippen molar-refractivity contribution < 1.29 is 23.5 Å². The van der Waals surface area contributed by atoms with E-state index in [1.54, 1.807) is 36.7 Å². The molecule has 2 aliphatic rings. The van der Waals surface area contributed by atoms with Gasteiger partial charge in [-0.2, -0.15) is 0 Å². The quantitative estimate of drug-likeness (QED) is 0.443. The van der Waals surface area contributed by atoms with Gasteiger partial charge in [0.15, 0.2) is 0 Å². The first-order valence-electron chi connectivity index (χ1n) is 11.4. The standard InChI is InChI=1S/C24H27FN6O4S/c1-34-23(36)27-15-19-16-30(24(33)35-19)18-5-6-21(20(25)13-18)29-10-9-28-31(12-11-29)22(32)7-4-17-3-2-8-26-14-17/h2-8,13-14,19,28H,9-12,15-16H2,1H3,(H,27,36)/t19-/m0/s1. The van der Waals surface area contributed by atoms with Gasteiger partial charge in [-0.05, 0) is 48.1 Å². The molecule has 1 aromatic heterocycles. The molecule has 2 amide bonds. The average molecular weight is 515 g/mol. The molecule has 0 radical (unpaired) electrons. The van der Waals surface area contributed by atoms with Gasteiger partial charge in [0, 0.05) is 38.1 Å². The van der Waals surface area contributed by atoms with E-state index in [0.29, 0.717) is 44.1 Å². The summed E-state index contributed by atoms with van der Waals surface area (Å²) in [5.74, 6) is -0.655. The van der Waals surface area contributed by atoms with Gasteiger partial charge in [0.2, 0.25) is 0 Å². The third-order valence-corrected chi connectivity index (χ3v) is 6.07. The number of cyclic esters (lactones) is 1. The number of hydrogen-bond donors (Lipinski definition) is 2. The van der Waals surface area contributed by atoms with E-state index in [0.717, 1.165) is 5.56 Å². The van der Waals surface area contributed by atoms with E-state index in [2.05, 4.69) is 15.7 Å². The van der Waals surface area contributed by atoms with E-state index in [1.807, 2.05) is 11.0 Å². The Hall–Kier alpha value is -3.77. The number of methoxy groups -OCH3 is 1. The number of hydrogen-bond acceptors (Lipinski definition) is 8. The number of nitrogens with zero attached hydrogens (tertiary/aromatic N) is 4. The van der Waals surface area contributed by atoms with Crippen LogP contribution in [-0.2, 0) is 14.3 Å². The second-order valence-electron chi connectivity index (χ2n) is 8.13. The van der Waals surface area contributed by atoms with Gasteiger partial charge in [-0.1, -0.05) is 6.07 Å². The summed E-state index contributed by atoms with van der Waals surface area (Å²) in [6.45, 7) is 2.33. The van der Waals surface area contributed by atoms with Gasteiger partial charge in [-0.25, -0.2) is 14.6 Å². The Kier molecular flexibility index (Phi) is 8.28. The van der Waals surface area contributed by atoms with Crippen LogP contribution in [0.3, 0.4) is 0 Å². The van der Waals surface area contributed by atoms with Crippen molar-refractivity contribution in [2.75, 3.05) is 56.2 Å². The summed E-state index contributed by atoms with van der Waals surface area (Å²) in [4.78, 5) is 32.2. The van der Waals surface area contributed by atoms with Gasteiger partial charge in [0.05, 0.1) is 38.1 Å². The normalized spacial score (nSPS) is 18.2. The van der Waals surface area contributed by atoms with Crippen LogP contribution in [0.4, 0.5) is 20.6 Å². The Morgan fingerprint density at radius 1 is 1.36 bits per heavy atom. The van der Waals surface area contributed by atoms with E-state index < -0.39 is 18.0 Å². The van der Waals surface area contributed by atoms with Crippen molar-refractivity contribution >= 4 is 46.8 Å². The predicted octanol–water partition coefficient (Wildman–Crippen LogP) is 1.93. The number of aromatic nitrogens is 1. The Labute approximate surface area is 213 Å². The molecule has 3 heterocycles. The molecule has 2 fully saturated rings. The lowest BCUT2D eigenvalue weighted by Crippen LogP contribution is -2.42. The molecule has 0 saturated carbocycles. The molecule has 1 atom stereocenters. The average Bonchev–Trinajstić information content (AvgIpc) is 3.09. The molecule has 0 unspecified atom stereocenters. The highest BCUT2D eigenvalue weighted by atomic mass is 32.1. The summed E-state index contributed by atoms with van der Waals surface area (Å²) < 4.78 is 25.3. The number of carbonyl (C=O) groups is 2. The van der Waals surface area contributed by atoms with Crippen molar-refractivity contribution in [2.24, 2.45) is 0 Å². The maximum absolute atomic E-state index is 15.1. The van der Waals surface area contributed by atoms with Crippen LogP contribution < -0.4 is 20.5 Å². The van der Waals surface area contributed by atoms with Crippen LogP contribution in [0.2, 0.25) is 0 Å². The number of ether oxygens (including phenoxy) is 2. The number of nitrogens with one attached hydrogen (secondary N) is 2. The fraction of sp³-hybridized carbons (Fsp3) is 0.333. The third-order valence-electron chi connectivity index (χ3n) is 5.76. The first kappa shape index (κ1) is 25.3. The lowest BCUT2D eigenvalue weighted by Gasteiger charge is -2.24. The zero-order valence-corrected chi connectivity index (χ0v) is 20.5. The lowest BCUT2D eigenvalue weighted by atomic mass is 10.2. The first-order valence-corrected chi connectivity index (χ1v) is 11.8. The molecule has 2 aromatic rings. The Morgan fingerprint density at radius 3 is 2.97 bits per heavy atom. The second-order valence-corrected chi connectivity index (χ2v) is 8.50. The smallest absolute Gasteiger partial charge is 0.414 e. The molecule has 2 N–H and O–H groups in total. The number of anilines is 2. The zero-order valence-electron chi connectivity index (χ0n) is 19.7. The summed E-state index contributed by atoms with van der Waals surface area (Å²) in [6, 6.07) is 8.31. The van der Waals surface area contributed by atoms with Crippen molar-refractivity contribution in [3.63, 3.8) is 0 Å². The van der Waals surface area contributed by atoms with Gasteiger partial charge in [0.1, 0.15) is 11.9 Å². The maximum atomic E-state index is 15.1. The van der Waals surface area contributed by atoms with Gasteiger partial charge < -0.3 is 19.7 Å². The highest BCUT2D eigenvalue weighted by molar-refractivity contribution is 7.80. The van der Waals surface area contributed by atoms with Crippen LogP contribution in [0.15, 0.2) is 48.8 Å². The van der Waals surface area contributed by atoms with Crippen molar-refractivity contribution in [2.45, 2.75) is 6.10 Å². The predicted molar refractivity (Wildman–Crippen MR) is 137 cm³/mol. The minimum Gasteiger partial charge on any atom is -0.474 e. The van der Waals surface area contributed by atoms with Crippen molar-refractivity contribution in [3.8, 4) is 0 Å². The molecule has 2 aliphatic heterocycles. The SMILES string of the molecule is COC(=S)NC[C@H]1CN(c2ccc(N3CCNN(C(=O)C=Cc4cccnc4)CC3)c(F)c2)C(=O)O1. The Balaban J connectivity index is 1.35. The number of benzene rings is 1. The van der Waals surface area contributed by atoms with E-state index >= 15 is 4.39 Å². The zero-order chi connectivity index (χ0) is 25.5. The number of rotatable bonds is 6. The summed E-state index contributed by atoms with van der Waals surface area (Å²) in [6.07, 6.45) is 5.53. The molecule has 4 rings (SSSR count). The van der Waals surface area contributed by atoms with E-state index in [4.69, 9.17) is 21.7 Å². The van der Waals surface area contributed by atoms with Crippen LogP contribution in [0.25, 0.3) is 6.08 Å². The fourth-order valence-corrected chi connectivity index (χ4v) is 4.00. The van der Waals surface area contributed by atoms with Crippen molar-refractivity contribution in [1.29, 1.82) is 0 Å². The van der Waals surface area contributed by atoms with E-state index in [9.17, 15) is 9.59 Å². The highest BCUT2D eigenvalue weighted by Crippen LogP contribution is 2.28. The Bertz CT molecular complexity index is 1130. The summed E-state index contributed by atoms with van der Waals surface area (Å²) in [7, 11) is 1.45. The number of thiocarbonyl (C=S) groups is 1.